The Bertz CT molecular complexity index is 1230. The molecule has 3 amide bonds. The zero-order valence-corrected chi connectivity index (χ0v) is 26.3. The van der Waals surface area contributed by atoms with E-state index in [1.54, 1.807) is 24.3 Å². The minimum absolute atomic E-state index is 0.0970. The molecule has 1 atom stereocenters. The van der Waals surface area contributed by atoms with E-state index in [4.69, 9.17) is 0 Å². The number of anilines is 1. The first kappa shape index (κ1) is 38.6. The van der Waals surface area contributed by atoms with Gasteiger partial charge in [0.1, 0.15) is 0 Å². The van der Waals surface area contributed by atoms with Crippen molar-refractivity contribution < 1.29 is 54.0 Å². The zero-order valence-electron chi connectivity index (χ0n) is 26.3. The molecule has 15 heteroatoms. The largest absolute Gasteiger partial charge is 0.480 e. The summed E-state index contributed by atoms with van der Waals surface area (Å²) in [5.41, 5.74) is 1.18. The van der Waals surface area contributed by atoms with Crippen LogP contribution in [0.2, 0.25) is 0 Å². The summed E-state index contributed by atoms with van der Waals surface area (Å²) in [6, 6.07) is 5.82. The van der Waals surface area contributed by atoms with Gasteiger partial charge in [-0.1, -0.05) is 50.7 Å². The van der Waals surface area contributed by atoms with Crippen LogP contribution < -0.4 is 5.32 Å². The van der Waals surface area contributed by atoms with Crippen LogP contribution in [0, 0.1) is 0 Å². The van der Waals surface area contributed by atoms with Crippen LogP contribution in [0.25, 0.3) is 0 Å². The van der Waals surface area contributed by atoms with E-state index in [1.165, 1.54) is 17.1 Å². The Labute approximate surface area is 272 Å². The number of unbranched alkanes of at least 4 members (excludes halogenated alkanes) is 7. The number of hydrogen-bond acceptors (Lipinski definition) is 9. The lowest BCUT2D eigenvalue weighted by Crippen LogP contribution is -2.50. The standard InChI is InChI=1S/C32H44N4O11/c37-26(9-7-5-3-1-2-4-6-8-16-36-27(38)14-15-28(36)39)33-24-12-10-23(11-13-24)17-25(35(21-31(44)45)22-32(46)47)18-34(19-29(40)41)20-30(42)43/h10-15,25H,1-9,16-22H2,(H,33,37)(H,40,41)(H,42,43)(H,44,45)(H,46,47). The lowest BCUT2D eigenvalue weighted by atomic mass is 10.0. The molecule has 47 heavy (non-hydrogen) atoms. The number of imide groups is 1. The van der Waals surface area contributed by atoms with Crippen LogP contribution in [0.15, 0.2) is 36.4 Å². The number of hydrogen-bond donors (Lipinski definition) is 5. The predicted molar refractivity (Wildman–Crippen MR) is 169 cm³/mol. The van der Waals surface area contributed by atoms with Gasteiger partial charge in [0.25, 0.3) is 11.8 Å². The van der Waals surface area contributed by atoms with Gasteiger partial charge in [0.2, 0.25) is 5.91 Å². The lowest BCUT2D eigenvalue weighted by Gasteiger charge is -2.33. The highest BCUT2D eigenvalue weighted by Gasteiger charge is 2.27. The summed E-state index contributed by atoms with van der Waals surface area (Å²) in [6.45, 7) is -2.33. The normalized spacial score (nSPS) is 13.4. The van der Waals surface area contributed by atoms with E-state index in [2.05, 4.69) is 5.32 Å². The molecule has 15 nitrogen and oxygen atoms in total. The molecule has 1 aromatic rings. The van der Waals surface area contributed by atoms with Crippen molar-refractivity contribution in [2.45, 2.75) is 70.3 Å². The van der Waals surface area contributed by atoms with Gasteiger partial charge in [-0.15, -0.1) is 0 Å². The summed E-state index contributed by atoms with van der Waals surface area (Å²) in [5.74, 6) is -5.81. The van der Waals surface area contributed by atoms with E-state index < -0.39 is 56.1 Å². The van der Waals surface area contributed by atoms with E-state index in [-0.39, 0.29) is 30.7 Å². The van der Waals surface area contributed by atoms with Gasteiger partial charge >= 0.3 is 23.9 Å². The maximum atomic E-state index is 12.4. The number of carboxylic acids is 4. The van der Waals surface area contributed by atoms with Gasteiger partial charge < -0.3 is 25.7 Å². The van der Waals surface area contributed by atoms with E-state index in [1.807, 2.05) is 0 Å². The number of carboxylic acid groups (broad SMARTS) is 4. The van der Waals surface area contributed by atoms with Gasteiger partial charge in [0.15, 0.2) is 0 Å². The summed E-state index contributed by atoms with van der Waals surface area (Å²) in [7, 11) is 0. The van der Waals surface area contributed by atoms with Crippen LogP contribution in [-0.4, -0.2) is 122 Å². The van der Waals surface area contributed by atoms with Crippen molar-refractivity contribution in [3.8, 4) is 0 Å². The molecule has 5 N–H and O–H groups in total. The number of amides is 3. The average Bonchev–Trinajstić information content (AvgIpc) is 3.29. The second-order valence-electron chi connectivity index (χ2n) is 11.5. The van der Waals surface area contributed by atoms with Gasteiger partial charge in [-0.2, -0.15) is 0 Å². The Balaban J connectivity index is 1.80. The number of carbonyl (C=O) groups is 7. The van der Waals surface area contributed by atoms with Crippen LogP contribution in [0.5, 0.6) is 0 Å². The third kappa shape index (κ3) is 16.0. The topological polar surface area (TPSA) is 222 Å². The maximum absolute atomic E-state index is 12.4. The first-order valence-corrected chi connectivity index (χ1v) is 15.6. The Morgan fingerprint density at radius 2 is 1.13 bits per heavy atom. The Morgan fingerprint density at radius 3 is 1.62 bits per heavy atom. The van der Waals surface area contributed by atoms with Crippen LogP contribution in [0.3, 0.4) is 0 Å². The van der Waals surface area contributed by atoms with Gasteiger partial charge in [0.05, 0.1) is 26.2 Å². The first-order valence-electron chi connectivity index (χ1n) is 15.6. The fourth-order valence-corrected chi connectivity index (χ4v) is 5.32. The summed E-state index contributed by atoms with van der Waals surface area (Å²) in [4.78, 5) is 84.5. The third-order valence-corrected chi connectivity index (χ3v) is 7.52. The lowest BCUT2D eigenvalue weighted by molar-refractivity contribution is -0.146. The van der Waals surface area contributed by atoms with Crippen molar-refractivity contribution >= 4 is 47.3 Å². The van der Waals surface area contributed by atoms with E-state index in [0.717, 1.165) is 61.2 Å². The number of carbonyl (C=O) groups excluding carboxylic acids is 3. The minimum Gasteiger partial charge on any atom is -0.480 e. The average molecular weight is 661 g/mol. The van der Waals surface area contributed by atoms with Crippen molar-refractivity contribution in [2.75, 3.05) is 44.6 Å². The highest BCUT2D eigenvalue weighted by molar-refractivity contribution is 6.12. The number of benzene rings is 1. The molecule has 0 bridgehead atoms. The predicted octanol–water partition coefficient (Wildman–Crippen LogP) is 1.91. The van der Waals surface area contributed by atoms with Crippen molar-refractivity contribution in [1.29, 1.82) is 0 Å². The molecule has 1 aliphatic rings. The van der Waals surface area contributed by atoms with Crippen molar-refractivity contribution in [1.82, 2.24) is 14.7 Å². The van der Waals surface area contributed by atoms with Gasteiger partial charge in [-0.25, -0.2) is 0 Å². The number of aliphatic carboxylic acids is 4. The van der Waals surface area contributed by atoms with Crippen LogP contribution >= 0.6 is 0 Å². The van der Waals surface area contributed by atoms with Gasteiger partial charge in [0, 0.05) is 43.4 Å². The fraction of sp³-hybridized carbons (Fsp3) is 0.531. The maximum Gasteiger partial charge on any atom is 0.317 e. The molecule has 0 aliphatic carbocycles. The highest BCUT2D eigenvalue weighted by atomic mass is 16.4. The monoisotopic (exact) mass is 660 g/mol. The molecule has 1 unspecified atom stereocenters. The highest BCUT2D eigenvalue weighted by Crippen LogP contribution is 2.17. The molecule has 2 rings (SSSR count). The molecule has 0 saturated carbocycles. The van der Waals surface area contributed by atoms with Crippen molar-refractivity contribution in [3.05, 3.63) is 42.0 Å². The van der Waals surface area contributed by atoms with Crippen LogP contribution in [0.4, 0.5) is 5.69 Å². The van der Waals surface area contributed by atoms with Crippen LogP contribution in [-0.2, 0) is 40.0 Å². The Morgan fingerprint density at radius 1 is 0.660 bits per heavy atom. The van der Waals surface area contributed by atoms with Gasteiger partial charge in [-0.05, 0) is 37.0 Å². The molecule has 0 fully saturated rings. The molecule has 1 aromatic carbocycles. The van der Waals surface area contributed by atoms with Gasteiger partial charge in [-0.3, -0.25) is 48.3 Å². The first-order chi connectivity index (χ1) is 22.3. The molecule has 0 radical (unpaired) electrons. The molecule has 1 aliphatic heterocycles. The quantitative estimate of drug-likeness (QED) is 0.0748. The summed E-state index contributed by atoms with van der Waals surface area (Å²) in [5, 5.41) is 39.9. The minimum atomic E-state index is -1.29. The smallest absolute Gasteiger partial charge is 0.317 e. The number of nitrogens with one attached hydrogen (secondary N) is 1. The molecular formula is C32H44N4O11. The van der Waals surface area contributed by atoms with Crippen LogP contribution in [0.1, 0.15) is 63.4 Å². The van der Waals surface area contributed by atoms with E-state index in [0.29, 0.717) is 24.2 Å². The molecule has 258 valence electrons. The summed E-state index contributed by atoms with van der Waals surface area (Å²) >= 11 is 0. The van der Waals surface area contributed by atoms with Crippen molar-refractivity contribution in [2.24, 2.45) is 0 Å². The molecule has 1 heterocycles. The molecule has 0 aromatic heterocycles. The molecular weight excluding hydrogens is 616 g/mol. The molecule has 0 saturated heterocycles. The summed E-state index contributed by atoms with van der Waals surface area (Å²) < 4.78 is 0. The number of nitrogens with zero attached hydrogens (tertiary/aromatic N) is 3. The molecule has 0 spiro atoms. The Hall–Kier alpha value is -4.63. The van der Waals surface area contributed by atoms with E-state index in [9.17, 15) is 54.0 Å². The zero-order chi connectivity index (χ0) is 34.8. The fourth-order valence-electron chi connectivity index (χ4n) is 5.32. The second-order valence-corrected chi connectivity index (χ2v) is 11.5. The summed E-state index contributed by atoms with van der Waals surface area (Å²) in [6.07, 6.45) is 10.5. The number of rotatable bonds is 25. The van der Waals surface area contributed by atoms with Crippen molar-refractivity contribution in [3.63, 3.8) is 0 Å². The Kier molecular flexibility index (Phi) is 16.8. The van der Waals surface area contributed by atoms with E-state index >= 15 is 0 Å². The SMILES string of the molecule is O=C(O)CN(CC(=O)O)CC(Cc1ccc(NC(=O)CCCCCCCCCCN2C(=O)C=CC2=O)cc1)N(CC(=O)O)CC(=O)O. The second kappa shape index (κ2) is 20.5. The third-order valence-electron chi connectivity index (χ3n) is 7.52.